The van der Waals surface area contributed by atoms with Crippen molar-refractivity contribution in [2.45, 2.75) is 27.7 Å². The van der Waals surface area contributed by atoms with Gasteiger partial charge in [-0.2, -0.15) is 0 Å². The standard InChI is InChI=1S/C19H18N2O5/c1-9-5-16(23)20(17(9)24)14-6-13(12(4)22)7-15(8-14)21-18(25)10(2)11(3)19(21)26/h5-8,10-11H,1-4H3. The lowest BCUT2D eigenvalue weighted by Gasteiger charge is -2.20. The second-order valence-electron chi connectivity index (χ2n) is 6.69. The molecular weight excluding hydrogens is 336 g/mol. The molecule has 134 valence electrons. The van der Waals surface area contributed by atoms with Gasteiger partial charge in [-0.3, -0.25) is 24.0 Å². The second-order valence-corrected chi connectivity index (χ2v) is 6.69. The van der Waals surface area contributed by atoms with Crippen molar-refractivity contribution in [3.05, 3.63) is 35.4 Å². The summed E-state index contributed by atoms with van der Waals surface area (Å²) in [6.45, 7) is 6.19. The number of amides is 4. The van der Waals surface area contributed by atoms with Gasteiger partial charge in [0.15, 0.2) is 5.78 Å². The molecule has 7 heteroatoms. The average Bonchev–Trinajstić information content (AvgIpc) is 2.94. The zero-order chi connectivity index (χ0) is 19.3. The molecule has 0 N–H and O–H groups in total. The van der Waals surface area contributed by atoms with E-state index < -0.39 is 23.7 Å². The Labute approximate surface area is 150 Å². The van der Waals surface area contributed by atoms with Crippen LogP contribution in [0.1, 0.15) is 38.1 Å². The van der Waals surface area contributed by atoms with E-state index in [2.05, 4.69) is 0 Å². The van der Waals surface area contributed by atoms with Gasteiger partial charge in [-0.1, -0.05) is 13.8 Å². The molecule has 2 heterocycles. The molecule has 26 heavy (non-hydrogen) atoms. The molecule has 2 unspecified atom stereocenters. The minimum absolute atomic E-state index is 0.156. The van der Waals surface area contributed by atoms with Crippen LogP contribution < -0.4 is 9.80 Å². The smallest absolute Gasteiger partial charge is 0.261 e. The van der Waals surface area contributed by atoms with Crippen LogP contribution in [0.3, 0.4) is 0 Å². The number of nitrogens with zero attached hydrogens (tertiary/aromatic N) is 2. The molecular formula is C19H18N2O5. The maximum atomic E-state index is 12.5. The molecule has 0 saturated carbocycles. The van der Waals surface area contributed by atoms with Gasteiger partial charge in [0.2, 0.25) is 11.8 Å². The van der Waals surface area contributed by atoms with E-state index >= 15 is 0 Å². The second kappa shape index (κ2) is 6.01. The van der Waals surface area contributed by atoms with Crippen molar-refractivity contribution >= 4 is 40.8 Å². The molecule has 0 radical (unpaired) electrons. The molecule has 7 nitrogen and oxygen atoms in total. The fourth-order valence-corrected chi connectivity index (χ4v) is 3.09. The highest BCUT2D eigenvalue weighted by Gasteiger charge is 2.43. The Kier molecular flexibility index (Phi) is 4.10. The van der Waals surface area contributed by atoms with Gasteiger partial charge in [0.25, 0.3) is 11.8 Å². The molecule has 1 fully saturated rings. The number of imide groups is 2. The van der Waals surface area contributed by atoms with E-state index in [4.69, 9.17) is 0 Å². The molecule has 2 aliphatic rings. The highest BCUT2D eigenvalue weighted by molar-refractivity contribution is 6.31. The molecule has 0 aromatic heterocycles. The summed E-state index contributed by atoms with van der Waals surface area (Å²) in [7, 11) is 0. The van der Waals surface area contributed by atoms with Crippen molar-refractivity contribution in [1.29, 1.82) is 0 Å². The molecule has 0 bridgehead atoms. The van der Waals surface area contributed by atoms with Gasteiger partial charge in [0.05, 0.1) is 11.4 Å². The first-order chi connectivity index (χ1) is 12.1. The number of ketones is 1. The van der Waals surface area contributed by atoms with E-state index in [1.165, 1.54) is 38.1 Å². The van der Waals surface area contributed by atoms with Gasteiger partial charge in [-0.05, 0) is 32.0 Å². The Morgan fingerprint density at radius 3 is 1.81 bits per heavy atom. The molecule has 0 aliphatic carbocycles. The third-order valence-electron chi connectivity index (χ3n) is 4.90. The van der Waals surface area contributed by atoms with E-state index in [0.717, 1.165) is 9.80 Å². The molecule has 4 amide bonds. The fourth-order valence-electron chi connectivity index (χ4n) is 3.09. The third-order valence-corrected chi connectivity index (χ3v) is 4.90. The van der Waals surface area contributed by atoms with Crippen LogP contribution in [0.4, 0.5) is 11.4 Å². The number of carbonyl (C=O) groups is 5. The molecule has 1 saturated heterocycles. The van der Waals surface area contributed by atoms with Crippen molar-refractivity contribution in [2.24, 2.45) is 11.8 Å². The van der Waals surface area contributed by atoms with Gasteiger partial charge in [-0.25, -0.2) is 9.80 Å². The summed E-state index contributed by atoms with van der Waals surface area (Å²) >= 11 is 0. The Hall–Kier alpha value is -3.09. The number of rotatable bonds is 3. The first-order valence-electron chi connectivity index (χ1n) is 8.24. The zero-order valence-electron chi connectivity index (χ0n) is 14.9. The number of hydrogen-bond acceptors (Lipinski definition) is 5. The lowest BCUT2D eigenvalue weighted by atomic mass is 10.00. The molecule has 0 spiro atoms. The van der Waals surface area contributed by atoms with Gasteiger partial charge < -0.3 is 0 Å². The van der Waals surface area contributed by atoms with E-state index in [1.54, 1.807) is 13.8 Å². The van der Waals surface area contributed by atoms with Gasteiger partial charge in [-0.15, -0.1) is 0 Å². The summed E-state index contributed by atoms with van der Waals surface area (Å²) in [6.07, 6.45) is 1.21. The molecule has 2 atom stereocenters. The molecule has 2 aliphatic heterocycles. The zero-order valence-corrected chi connectivity index (χ0v) is 14.9. The van der Waals surface area contributed by atoms with Crippen LogP contribution in [-0.4, -0.2) is 29.4 Å². The predicted molar refractivity (Wildman–Crippen MR) is 93.5 cm³/mol. The number of benzene rings is 1. The lowest BCUT2D eigenvalue weighted by molar-refractivity contribution is -0.123. The molecule has 3 rings (SSSR count). The summed E-state index contributed by atoms with van der Waals surface area (Å²) in [5.74, 6) is -3.04. The quantitative estimate of drug-likeness (QED) is 0.610. The number of Topliss-reactive ketones (excluding diaryl/α,β-unsaturated/α-hetero) is 1. The first kappa shape index (κ1) is 17.7. The van der Waals surface area contributed by atoms with Crippen molar-refractivity contribution in [1.82, 2.24) is 0 Å². The summed E-state index contributed by atoms with van der Waals surface area (Å²) < 4.78 is 0. The highest BCUT2D eigenvalue weighted by atomic mass is 16.2. The third kappa shape index (κ3) is 2.56. The Morgan fingerprint density at radius 1 is 0.885 bits per heavy atom. The normalized spacial score (nSPS) is 23.2. The average molecular weight is 354 g/mol. The van der Waals surface area contributed by atoms with E-state index in [0.29, 0.717) is 0 Å². The minimum Gasteiger partial charge on any atom is -0.295 e. The Bertz CT molecular complexity index is 895. The summed E-state index contributed by atoms with van der Waals surface area (Å²) in [6, 6.07) is 4.25. The van der Waals surface area contributed by atoms with Crippen LogP contribution in [-0.2, 0) is 19.2 Å². The maximum Gasteiger partial charge on any atom is 0.261 e. The predicted octanol–water partition coefficient (Wildman–Crippen LogP) is 1.85. The van der Waals surface area contributed by atoms with Crippen molar-refractivity contribution in [2.75, 3.05) is 9.80 Å². The Morgan fingerprint density at radius 2 is 1.38 bits per heavy atom. The number of anilines is 2. The monoisotopic (exact) mass is 354 g/mol. The van der Waals surface area contributed by atoms with Crippen LogP contribution in [0.15, 0.2) is 29.8 Å². The minimum atomic E-state index is -0.528. The number of hydrogen-bond donors (Lipinski definition) is 0. The largest absolute Gasteiger partial charge is 0.295 e. The molecule has 1 aromatic rings. The van der Waals surface area contributed by atoms with Crippen LogP contribution >= 0.6 is 0 Å². The number of carbonyl (C=O) groups excluding carboxylic acids is 5. The highest BCUT2D eigenvalue weighted by Crippen LogP contribution is 2.34. The summed E-state index contributed by atoms with van der Waals surface area (Å²) in [4.78, 5) is 63.2. The SMILES string of the molecule is CC(=O)c1cc(N2C(=O)C=C(C)C2=O)cc(N2C(=O)C(C)C(C)C2=O)c1. The van der Waals surface area contributed by atoms with E-state index in [-0.39, 0.29) is 40.1 Å². The van der Waals surface area contributed by atoms with E-state index in [1.807, 2.05) is 0 Å². The van der Waals surface area contributed by atoms with Crippen LogP contribution in [0.5, 0.6) is 0 Å². The topological polar surface area (TPSA) is 91.8 Å². The maximum absolute atomic E-state index is 12.5. The van der Waals surface area contributed by atoms with Crippen molar-refractivity contribution < 1.29 is 24.0 Å². The van der Waals surface area contributed by atoms with Gasteiger partial charge in [0, 0.05) is 29.0 Å². The summed E-state index contributed by atoms with van der Waals surface area (Å²) in [5.41, 5.74) is 0.823. The van der Waals surface area contributed by atoms with Crippen molar-refractivity contribution in [3.8, 4) is 0 Å². The van der Waals surface area contributed by atoms with Crippen LogP contribution in [0.2, 0.25) is 0 Å². The Balaban J connectivity index is 2.14. The fraction of sp³-hybridized carbons (Fsp3) is 0.316. The first-order valence-corrected chi connectivity index (χ1v) is 8.24. The molecule has 1 aromatic carbocycles. The lowest BCUT2D eigenvalue weighted by Crippen LogP contribution is -2.33. The van der Waals surface area contributed by atoms with Crippen molar-refractivity contribution in [3.63, 3.8) is 0 Å². The van der Waals surface area contributed by atoms with Gasteiger partial charge >= 0.3 is 0 Å². The van der Waals surface area contributed by atoms with Crippen LogP contribution in [0, 0.1) is 11.8 Å². The summed E-state index contributed by atoms with van der Waals surface area (Å²) in [5, 5.41) is 0. The van der Waals surface area contributed by atoms with E-state index in [9.17, 15) is 24.0 Å². The van der Waals surface area contributed by atoms with Gasteiger partial charge in [0.1, 0.15) is 0 Å². The van der Waals surface area contributed by atoms with Crippen LogP contribution in [0.25, 0.3) is 0 Å².